The van der Waals surface area contributed by atoms with Crippen LogP contribution in [0.15, 0.2) is 0 Å². The Morgan fingerprint density at radius 3 is 2.33 bits per heavy atom. The Kier molecular flexibility index (Phi) is 4.93. The van der Waals surface area contributed by atoms with Gasteiger partial charge in [-0.25, -0.2) is 0 Å². The molecule has 0 saturated heterocycles. The van der Waals surface area contributed by atoms with Crippen LogP contribution in [0.4, 0.5) is 0 Å². The van der Waals surface area contributed by atoms with Gasteiger partial charge in [0.1, 0.15) is 0 Å². The molecule has 0 aliphatic rings. The second kappa shape index (κ2) is 4.21. The van der Waals surface area contributed by atoms with Crippen LogP contribution in [-0.2, 0) is 3.07 Å². The van der Waals surface area contributed by atoms with Crippen molar-refractivity contribution in [3.8, 4) is 0 Å². The summed E-state index contributed by atoms with van der Waals surface area (Å²) < 4.78 is 5.06. The zero-order valence-corrected chi connectivity index (χ0v) is 6.99. The van der Waals surface area contributed by atoms with Gasteiger partial charge in [-0.1, -0.05) is 0 Å². The molecular weight excluding hydrogens is 211 g/mol. The first-order valence-electron chi connectivity index (χ1n) is 1.70. The molecule has 0 saturated carbocycles. The van der Waals surface area contributed by atoms with Gasteiger partial charge in [-0.05, 0) is 0 Å². The van der Waals surface area contributed by atoms with E-state index in [4.69, 9.17) is 3.07 Å². The average molecular weight is 220 g/mol. The maximum absolute atomic E-state index is 5.06. The van der Waals surface area contributed by atoms with Crippen LogP contribution in [0.5, 0.6) is 0 Å². The molecule has 0 aliphatic carbocycles. The molecule has 0 aromatic heterocycles. The molecule has 0 heterocycles. The molecule has 0 rings (SSSR count). The van der Waals surface area contributed by atoms with E-state index in [0.717, 1.165) is 6.61 Å². The van der Waals surface area contributed by atoms with Crippen molar-refractivity contribution in [2.75, 3.05) is 11.5 Å². The van der Waals surface area contributed by atoms with Gasteiger partial charge < -0.3 is 0 Å². The fraction of sp³-hybridized carbons (Fsp3) is 1.00. The summed E-state index contributed by atoms with van der Waals surface area (Å²) >= 11 is -1.11. The van der Waals surface area contributed by atoms with Crippen LogP contribution in [0.1, 0.15) is 6.92 Å². The minimum atomic E-state index is -1.11. The molecule has 0 unspecified atom stereocenters. The van der Waals surface area contributed by atoms with Gasteiger partial charge in [-0.15, -0.1) is 0 Å². The van der Waals surface area contributed by atoms with Crippen LogP contribution in [0.3, 0.4) is 0 Å². The van der Waals surface area contributed by atoms with Gasteiger partial charge in [0.2, 0.25) is 0 Å². The molecule has 0 aromatic carbocycles. The summed E-state index contributed by atoms with van der Waals surface area (Å²) in [5.41, 5.74) is 0. The molecule has 0 atom stereocenters. The van der Waals surface area contributed by atoms with Gasteiger partial charge in [0.25, 0.3) is 0 Å². The minimum absolute atomic E-state index is 0.824. The van der Waals surface area contributed by atoms with Crippen LogP contribution in [0, 0.1) is 0 Å². The molecule has 0 amide bonds. The van der Waals surface area contributed by atoms with Gasteiger partial charge in [-0.2, -0.15) is 0 Å². The summed E-state index contributed by atoms with van der Waals surface area (Å²) in [5, 5.41) is 0. The van der Waals surface area contributed by atoms with Crippen molar-refractivity contribution in [3.63, 3.8) is 0 Å². The second-order valence-electron chi connectivity index (χ2n) is 0.790. The van der Waals surface area contributed by atoms with Crippen LogP contribution < -0.4 is 0 Å². The van der Waals surface area contributed by atoms with E-state index in [1.54, 1.807) is 0 Å². The zero-order valence-electron chi connectivity index (χ0n) is 3.94. The van der Waals surface area contributed by atoms with E-state index >= 15 is 0 Å². The van der Waals surface area contributed by atoms with Crippen LogP contribution in [0.25, 0.3) is 0 Å². The van der Waals surface area contributed by atoms with E-state index in [9.17, 15) is 0 Å². The molecule has 0 aromatic rings. The second-order valence-corrected chi connectivity index (χ2v) is 6.85. The molecule has 0 radical (unpaired) electrons. The normalized spacial score (nSPS) is 11.5. The van der Waals surface area contributed by atoms with Gasteiger partial charge in [0, 0.05) is 0 Å². The van der Waals surface area contributed by atoms with Crippen molar-refractivity contribution in [2.24, 2.45) is 0 Å². The Balaban J connectivity index is 2.63. The molecule has 0 N–H and O–H groups in total. The maximum atomic E-state index is 5.06. The fourth-order valence-corrected chi connectivity index (χ4v) is 1.71. The number of hydrogen-bond donors (Lipinski definition) is 1. The van der Waals surface area contributed by atoms with Crippen molar-refractivity contribution in [1.82, 2.24) is 0 Å². The monoisotopic (exact) mass is 220 g/mol. The third-order valence-corrected chi connectivity index (χ3v) is 2.45. The van der Waals surface area contributed by atoms with Crippen molar-refractivity contribution >= 4 is 28.6 Å². The first kappa shape index (κ1) is 7.04. The van der Waals surface area contributed by atoms with Gasteiger partial charge in [0.15, 0.2) is 0 Å². The molecule has 0 spiro atoms. The number of alkyl halides is 1. The summed E-state index contributed by atoms with van der Waals surface area (Å²) in [4.78, 5) is 2.05. The third kappa shape index (κ3) is 5.04. The van der Waals surface area contributed by atoms with E-state index in [-0.39, 0.29) is 0 Å². The summed E-state index contributed by atoms with van der Waals surface area (Å²) in [6.07, 6.45) is 0. The Hall–Kier alpha value is 1.04. The summed E-state index contributed by atoms with van der Waals surface area (Å²) in [7, 11) is 4.11. The topological polar surface area (TPSA) is 9.23 Å². The van der Waals surface area contributed by atoms with E-state index in [2.05, 4.69) is 14.7 Å². The Labute approximate surface area is 50.2 Å². The summed E-state index contributed by atoms with van der Waals surface area (Å²) in [6.45, 7) is 2.81. The Morgan fingerprint density at radius 1 is 1.83 bits per heavy atom. The predicted molar refractivity (Wildman–Crippen MR) is 40.6 cm³/mol. The van der Waals surface area contributed by atoms with E-state index in [0.29, 0.717) is 0 Å². The first-order valence-corrected chi connectivity index (χ1v) is 7.97. The quantitative estimate of drug-likeness (QED) is 0.425. The average Bonchev–Trinajstić information content (AvgIpc) is 1.35. The van der Waals surface area contributed by atoms with Crippen LogP contribution in [-0.4, -0.2) is 11.5 Å². The van der Waals surface area contributed by atoms with E-state index in [1.165, 1.54) is 0 Å². The van der Waals surface area contributed by atoms with E-state index < -0.39 is 18.8 Å². The Bertz CT molecular complexity index is 32.0. The van der Waals surface area contributed by atoms with Gasteiger partial charge >= 0.3 is 50.2 Å². The Morgan fingerprint density at radius 2 is 2.33 bits per heavy atom. The number of thiol groups is 1. The summed E-state index contributed by atoms with van der Waals surface area (Å²) in [6, 6.07) is 0. The molecule has 0 bridgehead atoms. The molecule has 40 valence electrons. The van der Waals surface area contributed by atoms with E-state index in [1.807, 2.05) is 6.92 Å². The molecule has 6 heavy (non-hydrogen) atoms. The molecular formula is C3H9IOS. The van der Waals surface area contributed by atoms with Crippen LogP contribution in [0.2, 0.25) is 0 Å². The SMILES string of the molecule is CCOI(C)S. The molecule has 3 heteroatoms. The molecule has 1 nitrogen and oxygen atoms in total. The standard InChI is InChI=1S/C3H9IOS/c1-3-5-4(2)6/h6H,3H2,1-2H3. The fourth-order valence-electron chi connectivity index (χ4n) is 0.158. The van der Waals surface area contributed by atoms with Crippen LogP contribution >= 0.6 is 28.6 Å². The zero-order chi connectivity index (χ0) is 4.99. The predicted octanol–water partition coefficient (Wildman–Crippen LogP) is 1.92. The van der Waals surface area contributed by atoms with Gasteiger partial charge in [0.05, 0.1) is 0 Å². The van der Waals surface area contributed by atoms with Crippen molar-refractivity contribution in [1.29, 1.82) is 0 Å². The molecule has 0 aliphatic heterocycles. The third-order valence-electron chi connectivity index (χ3n) is 0.267. The molecule has 0 fully saturated rings. The number of halogens is 1. The van der Waals surface area contributed by atoms with Gasteiger partial charge in [-0.3, -0.25) is 0 Å². The van der Waals surface area contributed by atoms with Crippen molar-refractivity contribution in [3.05, 3.63) is 0 Å². The summed E-state index contributed by atoms with van der Waals surface area (Å²) in [5.74, 6) is 0. The van der Waals surface area contributed by atoms with Crippen molar-refractivity contribution in [2.45, 2.75) is 6.92 Å². The first-order chi connectivity index (χ1) is 2.77. The number of rotatable bonds is 2. The van der Waals surface area contributed by atoms with Crippen molar-refractivity contribution < 1.29 is 3.07 Å². The number of hydrogen-bond acceptors (Lipinski definition) is 2.